The van der Waals surface area contributed by atoms with Crippen molar-refractivity contribution in [1.82, 2.24) is 4.90 Å². The second kappa shape index (κ2) is 6.71. The van der Waals surface area contributed by atoms with E-state index in [4.69, 9.17) is 9.47 Å². The van der Waals surface area contributed by atoms with E-state index in [1.165, 1.54) is 12.8 Å². The summed E-state index contributed by atoms with van der Waals surface area (Å²) in [5.41, 5.74) is 0. The average molecular weight is 269 g/mol. The summed E-state index contributed by atoms with van der Waals surface area (Å²) in [7, 11) is 0. The molecular formula is C15H27NO3. The van der Waals surface area contributed by atoms with Crippen LogP contribution in [-0.4, -0.2) is 48.3 Å². The molecule has 1 saturated heterocycles. The first kappa shape index (κ1) is 14.8. The molecule has 0 unspecified atom stereocenters. The van der Waals surface area contributed by atoms with Crippen molar-refractivity contribution in [3.63, 3.8) is 0 Å². The molecule has 4 nitrogen and oxygen atoms in total. The number of hydrogen-bond donors (Lipinski definition) is 0. The van der Waals surface area contributed by atoms with E-state index < -0.39 is 0 Å². The van der Waals surface area contributed by atoms with Crippen molar-refractivity contribution >= 4 is 5.91 Å². The number of rotatable bonds is 4. The molecule has 0 aromatic heterocycles. The van der Waals surface area contributed by atoms with E-state index in [2.05, 4.69) is 13.8 Å². The minimum Gasteiger partial charge on any atom is -0.377 e. The highest BCUT2D eigenvalue weighted by atomic mass is 16.5. The number of ether oxygens (including phenoxy) is 2. The largest absolute Gasteiger partial charge is 0.377 e. The van der Waals surface area contributed by atoms with Crippen molar-refractivity contribution < 1.29 is 14.3 Å². The lowest BCUT2D eigenvalue weighted by molar-refractivity contribution is -0.160. The molecule has 1 saturated carbocycles. The molecule has 19 heavy (non-hydrogen) atoms. The van der Waals surface area contributed by atoms with Crippen LogP contribution in [0.4, 0.5) is 0 Å². The Morgan fingerprint density at radius 2 is 1.84 bits per heavy atom. The summed E-state index contributed by atoms with van der Waals surface area (Å²) in [5.74, 6) is 0.151. The molecule has 110 valence electrons. The molecule has 1 aliphatic carbocycles. The molecule has 1 aliphatic heterocycles. The summed E-state index contributed by atoms with van der Waals surface area (Å²) in [6.07, 6.45) is 5.47. The molecule has 2 rings (SSSR count). The van der Waals surface area contributed by atoms with Crippen LogP contribution >= 0.6 is 0 Å². The average Bonchev–Trinajstić information content (AvgIpc) is 2.88. The normalized spacial score (nSPS) is 30.6. The number of nitrogens with zero attached hydrogens (tertiary/aromatic N) is 1. The van der Waals surface area contributed by atoms with Gasteiger partial charge in [0.2, 0.25) is 0 Å². The van der Waals surface area contributed by atoms with Crippen molar-refractivity contribution in [2.24, 2.45) is 0 Å². The predicted molar refractivity (Wildman–Crippen MR) is 74.0 cm³/mol. The summed E-state index contributed by atoms with van der Waals surface area (Å²) >= 11 is 0. The second-order valence-corrected chi connectivity index (χ2v) is 5.92. The minimum absolute atomic E-state index is 0.150. The maximum atomic E-state index is 12.7. The lowest BCUT2D eigenvalue weighted by Crippen LogP contribution is -2.56. The minimum atomic E-state index is -0.272. The molecular weight excluding hydrogens is 242 g/mol. The Morgan fingerprint density at radius 3 is 2.37 bits per heavy atom. The molecule has 1 amide bonds. The number of hydrogen-bond acceptors (Lipinski definition) is 3. The zero-order valence-corrected chi connectivity index (χ0v) is 12.4. The molecule has 2 aliphatic rings. The van der Waals surface area contributed by atoms with E-state index in [1.807, 2.05) is 11.8 Å². The second-order valence-electron chi connectivity index (χ2n) is 5.92. The van der Waals surface area contributed by atoms with Crippen molar-refractivity contribution in [2.45, 2.75) is 77.2 Å². The van der Waals surface area contributed by atoms with Gasteiger partial charge in [0.25, 0.3) is 5.91 Å². The van der Waals surface area contributed by atoms with Gasteiger partial charge in [0.15, 0.2) is 0 Å². The molecule has 4 heteroatoms. The fourth-order valence-electron chi connectivity index (χ4n) is 3.19. The van der Waals surface area contributed by atoms with Gasteiger partial charge >= 0.3 is 0 Å². The smallest absolute Gasteiger partial charge is 0.252 e. The number of carbonyl (C=O) groups is 1. The Kier molecular flexibility index (Phi) is 5.22. The van der Waals surface area contributed by atoms with Gasteiger partial charge in [-0.05, 0) is 33.1 Å². The molecule has 0 spiro atoms. The maximum Gasteiger partial charge on any atom is 0.252 e. The molecule has 0 aromatic rings. The van der Waals surface area contributed by atoms with Crippen molar-refractivity contribution in [3.8, 4) is 0 Å². The standard InChI is InChI=1S/C15H27NO3/c1-4-14(19-13-7-5-6-8-13)15(17)16-11(2)9-18-10-12(16)3/h11-14H,4-10H2,1-3H3/t11-,12-,14+/m0/s1. The van der Waals surface area contributed by atoms with Gasteiger partial charge in [0.05, 0.1) is 31.4 Å². The van der Waals surface area contributed by atoms with E-state index in [0.29, 0.717) is 19.3 Å². The molecule has 0 bridgehead atoms. The Hall–Kier alpha value is -0.610. The summed E-state index contributed by atoms with van der Waals surface area (Å²) in [5, 5.41) is 0. The fourth-order valence-corrected chi connectivity index (χ4v) is 3.19. The van der Waals surface area contributed by atoms with Gasteiger partial charge in [-0.1, -0.05) is 19.8 Å². The van der Waals surface area contributed by atoms with Crippen molar-refractivity contribution in [1.29, 1.82) is 0 Å². The first-order valence-corrected chi connectivity index (χ1v) is 7.68. The van der Waals surface area contributed by atoms with Crippen LogP contribution in [0.3, 0.4) is 0 Å². The number of amides is 1. The number of morpholine rings is 1. The van der Waals surface area contributed by atoms with Crippen LogP contribution in [0.5, 0.6) is 0 Å². The quantitative estimate of drug-likeness (QED) is 0.786. The van der Waals surface area contributed by atoms with Crippen molar-refractivity contribution in [3.05, 3.63) is 0 Å². The highest BCUT2D eigenvalue weighted by molar-refractivity contribution is 5.81. The molecule has 0 radical (unpaired) electrons. The first-order chi connectivity index (χ1) is 9.13. The monoisotopic (exact) mass is 269 g/mol. The van der Waals surface area contributed by atoms with E-state index >= 15 is 0 Å². The van der Waals surface area contributed by atoms with E-state index in [0.717, 1.165) is 19.3 Å². The predicted octanol–water partition coefficient (Wildman–Crippen LogP) is 2.36. The van der Waals surface area contributed by atoms with Crippen LogP contribution in [-0.2, 0) is 14.3 Å². The van der Waals surface area contributed by atoms with Gasteiger partial charge in [-0.2, -0.15) is 0 Å². The zero-order chi connectivity index (χ0) is 13.8. The summed E-state index contributed by atoms with van der Waals surface area (Å²) in [6, 6.07) is 0.301. The van der Waals surface area contributed by atoms with E-state index in [1.54, 1.807) is 0 Å². The Labute approximate surface area is 116 Å². The van der Waals surface area contributed by atoms with Crippen LogP contribution < -0.4 is 0 Å². The van der Waals surface area contributed by atoms with Crippen LogP contribution in [0.2, 0.25) is 0 Å². The maximum absolute atomic E-state index is 12.7. The third kappa shape index (κ3) is 3.48. The summed E-state index contributed by atoms with van der Waals surface area (Å²) < 4.78 is 11.5. The Balaban J connectivity index is 1.97. The van der Waals surface area contributed by atoms with Gasteiger partial charge in [-0.25, -0.2) is 0 Å². The van der Waals surface area contributed by atoms with Gasteiger partial charge in [-0.3, -0.25) is 4.79 Å². The first-order valence-electron chi connectivity index (χ1n) is 7.68. The fraction of sp³-hybridized carbons (Fsp3) is 0.933. The molecule has 3 atom stereocenters. The molecule has 0 N–H and O–H groups in total. The van der Waals surface area contributed by atoms with Crippen LogP contribution in [0.25, 0.3) is 0 Å². The lowest BCUT2D eigenvalue weighted by atomic mass is 10.1. The van der Waals surface area contributed by atoms with Crippen molar-refractivity contribution in [2.75, 3.05) is 13.2 Å². The molecule has 2 fully saturated rings. The Bertz CT molecular complexity index is 292. The van der Waals surface area contributed by atoms with Gasteiger partial charge in [-0.15, -0.1) is 0 Å². The summed E-state index contributed by atoms with van der Waals surface area (Å²) in [4.78, 5) is 14.6. The summed E-state index contributed by atoms with van der Waals surface area (Å²) in [6.45, 7) is 7.41. The van der Waals surface area contributed by atoms with Crippen LogP contribution in [0.1, 0.15) is 52.9 Å². The highest BCUT2D eigenvalue weighted by Gasteiger charge is 2.35. The van der Waals surface area contributed by atoms with Gasteiger partial charge < -0.3 is 14.4 Å². The highest BCUT2D eigenvalue weighted by Crippen LogP contribution is 2.24. The van der Waals surface area contributed by atoms with Gasteiger partial charge in [0, 0.05) is 0 Å². The zero-order valence-electron chi connectivity index (χ0n) is 12.4. The van der Waals surface area contributed by atoms with E-state index in [9.17, 15) is 4.79 Å². The molecule has 0 aromatic carbocycles. The van der Waals surface area contributed by atoms with E-state index in [-0.39, 0.29) is 24.1 Å². The van der Waals surface area contributed by atoms with Gasteiger partial charge in [0.1, 0.15) is 6.10 Å². The van der Waals surface area contributed by atoms with Crippen LogP contribution in [0.15, 0.2) is 0 Å². The number of carbonyl (C=O) groups excluding carboxylic acids is 1. The Morgan fingerprint density at radius 1 is 1.26 bits per heavy atom. The molecule has 1 heterocycles. The SMILES string of the molecule is CC[C@@H](OC1CCCC1)C(=O)N1[C@@H](C)COC[C@@H]1C. The van der Waals surface area contributed by atoms with Crippen LogP contribution in [0, 0.1) is 0 Å². The topological polar surface area (TPSA) is 38.8 Å². The lowest BCUT2D eigenvalue weighted by Gasteiger charge is -2.40. The third-order valence-corrected chi connectivity index (χ3v) is 4.23. The third-order valence-electron chi connectivity index (χ3n) is 4.23.